The number of carbonyl (C=O) groups excluding carboxylic acids is 1. The summed E-state index contributed by atoms with van der Waals surface area (Å²) in [6.07, 6.45) is 2.39. The molecule has 2 N–H and O–H groups in total. The van der Waals surface area contributed by atoms with E-state index in [1.807, 2.05) is 47.8 Å². The van der Waals surface area contributed by atoms with Crippen molar-refractivity contribution in [3.05, 3.63) is 52.7 Å². The molecule has 1 amide bonds. The average Bonchev–Trinajstić information content (AvgIpc) is 3.21. The van der Waals surface area contributed by atoms with Crippen molar-refractivity contribution in [3.63, 3.8) is 0 Å². The Morgan fingerprint density at radius 1 is 1.30 bits per heavy atom. The molecule has 0 radical (unpaired) electrons. The standard InChI is InChI=1S/C18H22N2O2S/c21-16(17-9-5-11-23-17)12-15-8-4-10-20(15)13-18(22)19-14-6-2-1-3-7-14/h1-3,5-7,9,11,15-16,21H,4,8,10,12-13H2,(H,19,22)/t15-,16-/m0/s1. The summed E-state index contributed by atoms with van der Waals surface area (Å²) in [5.74, 6) is 0.00807. The summed E-state index contributed by atoms with van der Waals surface area (Å²) in [6.45, 7) is 1.31. The Kier molecular flexibility index (Phi) is 5.43. The lowest BCUT2D eigenvalue weighted by Gasteiger charge is -2.25. The third kappa shape index (κ3) is 4.41. The number of aliphatic hydroxyl groups is 1. The van der Waals surface area contributed by atoms with Gasteiger partial charge in [0.15, 0.2) is 0 Å². The van der Waals surface area contributed by atoms with Crippen molar-refractivity contribution in [2.24, 2.45) is 0 Å². The number of hydrogen-bond donors (Lipinski definition) is 2. The van der Waals surface area contributed by atoms with E-state index in [9.17, 15) is 9.90 Å². The highest BCUT2D eigenvalue weighted by Gasteiger charge is 2.28. The van der Waals surface area contributed by atoms with Gasteiger partial charge < -0.3 is 10.4 Å². The van der Waals surface area contributed by atoms with Crippen molar-refractivity contribution in [3.8, 4) is 0 Å². The number of amides is 1. The van der Waals surface area contributed by atoms with Gasteiger partial charge in [-0.15, -0.1) is 11.3 Å². The minimum absolute atomic E-state index is 0.00807. The molecule has 1 saturated heterocycles. The molecular weight excluding hydrogens is 308 g/mol. The van der Waals surface area contributed by atoms with Crippen molar-refractivity contribution in [2.45, 2.75) is 31.4 Å². The zero-order chi connectivity index (χ0) is 16.1. The fourth-order valence-electron chi connectivity index (χ4n) is 3.13. The molecule has 1 aromatic carbocycles. The lowest BCUT2D eigenvalue weighted by atomic mass is 10.1. The molecule has 0 saturated carbocycles. The van der Waals surface area contributed by atoms with Crippen molar-refractivity contribution in [1.82, 2.24) is 4.90 Å². The van der Waals surface area contributed by atoms with Gasteiger partial charge in [-0.05, 0) is 49.4 Å². The number of carbonyl (C=O) groups is 1. The predicted molar refractivity (Wildman–Crippen MR) is 93.6 cm³/mol. The lowest BCUT2D eigenvalue weighted by Crippen LogP contribution is -2.37. The Hall–Kier alpha value is -1.69. The van der Waals surface area contributed by atoms with Crippen molar-refractivity contribution >= 4 is 22.9 Å². The maximum atomic E-state index is 12.2. The van der Waals surface area contributed by atoms with Crippen LogP contribution in [0.25, 0.3) is 0 Å². The highest BCUT2D eigenvalue weighted by atomic mass is 32.1. The lowest BCUT2D eigenvalue weighted by molar-refractivity contribution is -0.117. The Bertz CT molecular complexity index is 615. The fraction of sp³-hybridized carbons (Fsp3) is 0.389. The van der Waals surface area contributed by atoms with E-state index in [1.165, 1.54) is 0 Å². The summed E-state index contributed by atoms with van der Waals surface area (Å²) in [6, 6.07) is 13.7. The molecule has 1 aliphatic heterocycles. The summed E-state index contributed by atoms with van der Waals surface area (Å²) in [5, 5.41) is 15.3. The fourth-order valence-corrected chi connectivity index (χ4v) is 3.86. The number of nitrogens with one attached hydrogen (secondary N) is 1. The first-order chi connectivity index (χ1) is 11.2. The molecular formula is C18H22N2O2S. The molecule has 4 nitrogen and oxygen atoms in total. The quantitative estimate of drug-likeness (QED) is 0.855. The molecule has 0 unspecified atom stereocenters. The van der Waals surface area contributed by atoms with Gasteiger partial charge in [0.05, 0.1) is 12.6 Å². The van der Waals surface area contributed by atoms with Crippen LogP contribution in [0.4, 0.5) is 5.69 Å². The molecule has 2 heterocycles. The van der Waals surface area contributed by atoms with Crippen LogP contribution in [0.15, 0.2) is 47.8 Å². The van der Waals surface area contributed by atoms with Crippen LogP contribution < -0.4 is 5.32 Å². The molecule has 3 rings (SSSR count). The molecule has 1 aliphatic rings. The number of anilines is 1. The maximum Gasteiger partial charge on any atom is 0.238 e. The first kappa shape index (κ1) is 16.2. The number of hydrogen-bond acceptors (Lipinski definition) is 4. The number of benzene rings is 1. The Morgan fingerprint density at radius 3 is 2.87 bits per heavy atom. The third-order valence-corrected chi connectivity index (χ3v) is 5.24. The first-order valence-electron chi connectivity index (χ1n) is 8.03. The number of nitrogens with zero attached hydrogens (tertiary/aromatic N) is 1. The van der Waals surface area contributed by atoms with Gasteiger partial charge in [0, 0.05) is 16.6 Å². The first-order valence-corrected chi connectivity index (χ1v) is 8.91. The second-order valence-electron chi connectivity index (χ2n) is 5.95. The maximum absolute atomic E-state index is 12.2. The Labute approximate surface area is 140 Å². The molecule has 122 valence electrons. The van der Waals surface area contributed by atoms with Gasteiger partial charge in [-0.1, -0.05) is 24.3 Å². The molecule has 0 bridgehead atoms. The Morgan fingerprint density at radius 2 is 2.13 bits per heavy atom. The van der Waals surface area contributed by atoms with Gasteiger partial charge in [-0.2, -0.15) is 0 Å². The smallest absolute Gasteiger partial charge is 0.238 e. The van der Waals surface area contributed by atoms with E-state index < -0.39 is 6.10 Å². The predicted octanol–water partition coefficient (Wildman–Crippen LogP) is 3.27. The van der Waals surface area contributed by atoms with Crippen LogP contribution in [0.2, 0.25) is 0 Å². The van der Waals surface area contributed by atoms with Crippen LogP contribution in [0.3, 0.4) is 0 Å². The number of para-hydroxylation sites is 1. The molecule has 2 atom stereocenters. The number of aliphatic hydroxyl groups excluding tert-OH is 1. The average molecular weight is 330 g/mol. The van der Waals surface area contributed by atoms with Crippen LogP contribution in [0, 0.1) is 0 Å². The van der Waals surface area contributed by atoms with Gasteiger partial charge in [-0.3, -0.25) is 9.69 Å². The summed E-state index contributed by atoms with van der Waals surface area (Å²) >= 11 is 1.58. The number of thiophene rings is 1. The van der Waals surface area contributed by atoms with E-state index in [-0.39, 0.29) is 11.9 Å². The molecule has 5 heteroatoms. The van der Waals surface area contributed by atoms with Crippen LogP contribution in [-0.2, 0) is 4.79 Å². The molecule has 2 aromatic rings. The van der Waals surface area contributed by atoms with Crippen LogP contribution in [0.1, 0.15) is 30.2 Å². The van der Waals surface area contributed by atoms with E-state index in [4.69, 9.17) is 0 Å². The van der Waals surface area contributed by atoms with Crippen LogP contribution in [-0.4, -0.2) is 35.0 Å². The second kappa shape index (κ2) is 7.73. The van der Waals surface area contributed by atoms with Crippen LogP contribution in [0.5, 0.6) is 0 Å². The molecule has 1 fully saturated rings. The van der Waals surface area contributed by atoms with Gasteiger partial charge in [0.2, 0.25) is 5.91 Å². The third-order valence-electron chi connectivity index (χ3n) is 4.27. The molecule has 0 aliphatic carbocycles. The second-order valence-corrected chi connectivity index (χ2v) is 6.93. The monoisotopic (exact) mass is 330 g/mol. The number of likely N-dealkylation sites (tertiary alicyclic amines) is 1. The zero-order valence-corrected chi connectivity index (χ0v) is 13.8. The molecule has 23 heavy (non-hydrogen) atoms. The number of rotatable bonds is 6. The molecule has 1 aromatic heterocycles. The summed E-state index contributed by atoms with van der Waals surface area (Å²) in [5.41, 5.74) is 0.826. The summed E-state index contributed by atoms with van der Waals surface area (Å²) < 4.78 is 0. The van der Waals surface area contributed by atoms with Crippen molar-refractivity contribution < 1.29 is 9.90 Å². The normalized spacial score (nSPS) is 19.6. The summed E-state index contributed by atoms with van der Waals surface area (Å²) in [4.78, 5) is 15.4. The highest BCUT2D eigenvalue weighted by Crippen LogP contribution is 2.29. The van der Waals surface area contributed by atoms with E-state index in [0.29, 0.717) is 13.0 Å². The molecule has 0 spiro atoms. The van der Waals surface area contributed by atoms with Crippen molar-refractivity contribution in [2.75, 3.05) is 18.4 Å². The van der Waals surface area contributed by atoms with Gasteiger partial charge in [0.25, 0.3) is 0 Å². The Balaban J connectivity index is 1.53. The van der Waals surface area contributed by atoms with E-state index in [1.54, 1.807) is 11.3 Å². The summed E-state index contributed by atoms with van der Waals surface area (Å²) in [7, 11) is 0. The zero-order valence-electron chi connectivity index (χ0n) is 13.0. The largest absolute Gasteiger partial charge is 0.388 e. The topological polar surface area (TPSA) is 52.6 Å². The van der Waals surface area contributed by atoms with Crippen molar-refractivity contribution in [1.29, 1.82) is 0 Å². The SMILES string of the molecule is O=C(CN1CCC[C@H]1C[C@H](O)c1cccs1)Nc1ccccc1. The van der Waals surface area contributed by atoms with E-state index in [2.05, 4.69) is 10.2 Å². The van der Waals surface area contributed by atoms with Gasteiger partial charge >= 0.3 is 0 Å². The minimum Gasteiger partial charge on any atom is -0.388 e. The van der Waals surface area contributed by atoms with Crippen LogP contribution >= 0.6 is 11.3 Å². The minimum atomic E-state index is -0.433. The van der Waals surface area contributed by atoms with E-state index in [0.717, 1.165) is 30.0 Å². The van der Waals surface area contributed by atoms with E-state index >= 15 is 0 Å². The van der Waals surface area contributed by atoms with Gasteiger partial charge in [0.1, 0.15) is 0 Å². The van der Waals surface area contributed by atoms with Gasteiger partial charge in [-0.25, -0.2) is 0 Å². The highest BCUT2D eigenvalue weighted by molar-refractivity contribution is 7.10.